The molecule has 0 aromatic heterocycles. The molecule has 0 aromatic rings. The second-order valence-corrected chi connectivity index (χ2v) is 4.29. The summed E-state index contributed by atoms with van der Waals surface area (Å²) in [5.74, 6) is 0.452. The van der Waals surface area contributed by atoms with E-state index in [-0.39, 0.29) is 17.8 Å². The van der Waals surface area contributed by atoms with Crippen LogP contribution in [-0.2, 0) is 14.3 Å². The fourth-order valence-corrected chi connectivity index (χ4v) is 2.42. The lowest BCUT2D eigenvalue weighted by Gasteiger charge is -2.17. The van der Waals surface area contributed by atoms with Crippen LogP contribution in [0.4, 0.5) is 0 Å². The van der Waals surface area contributed by atoms with Gasteiger partial charge < -0.3 is 4.74 Å². The van der Waals surface area contributed by atoms with Crippen molar-refractivity contribution in [1.82, 2.24) is 0 Å². The van der Waals surface area contributed by atoms with E-state index in [9.17, 15) is 9.59 Å². The maximum absolute atomic E-state index is 11.6. The molecule has 2 aliphatic rings. The normalized spacial score (nSPS) is 32.3. The molecule has 2 rings (SSSR count). The molecular formula is C12H16O3. The predicted molar refractivity (Wildman–Crippen MR) is 55.2 cm³/mol. The molecule has 0 aromatic carbocycles. The van der Waals surface area contributed by atoms with E-state index in [2.05, 4.69) is 6.08 Å². The molecule has 0 radical (unpaired) electrons. The molecule has 3 heteroatoms. The zero-order chi connectivity index (χ0) is 10.7. The third-order valence-electron chi connectivity index (χ3n) is 3.28. The maximum Gasteiger partial charge on any atom is 0.306 e. The zero-order valence-electron chi connectivity index (χ0n) is 8.78. The number of Topliss-reactive ketones (excluding diaryl/α,β-unsaturated/α-hetero) is 1. The Balaban J connectivity index is 2.08. The minimum Gasteiger partial charge on any atom is -0.465 e. The van der Waals surface area contributed by atoms with Crippen molar-refractivity contribution in [2.24, 2.45) is 11.8 Å². The van der Waals surface area contributed by atoms with E-state index in [0.29, 0.717) is 25.2 Å². The molecule has 1 aliphatic heterocycles. The number of hydrogen-bond acceptors (Lipinski definition) is 3. The summed E-state index contributed by atoms with van der Waals surface area (Å²) in [4.78, 5) is 23.0. The number of carbonyl (C=O) groups is 2. The highest BCUT2D eigenvalue weighted by Gasteiger charge is 2.35. The fourth-order valence-electron chi connectivity index (χ4n) is 2.42. The molecular weight excluding hydrogens is 192 g/mol. The Kier molecular flexibility index (Phi) is 3.19. The summed E-state index contributed by atoms with van der Waals surface area (Å²) < 4.78 is 5.06. The monoisotopic (exact) mass is 208 g/mol. The first-order valence-corrected chi connectivity index (χ1v) is 5.60. The van der Waals surface area contributed by atoms with Gasteiger partial charge in [0.15, 0.2) is 0 Å². The lowest BCUT2D eigenvalue weighted by Crippen LogP contribution is -2.19. The van der Waals surface area contributed by atoms with Gasteiger partial charge in [-0.3, -0.25) is 9.59 Å². The quantitative estimate of drug-likeness (QED) is 0.451. The van der Waals surface area contributed by atoms with Gasteiger partial charge in [-0.15, -0.1) is 0 Å². The first-order valence-electron chi connectivity index (χ1n) is 5.60. The van der Waals surface area contributed by atoms with Crippen LogP contribution >= 0.6 is 0 Å². The molecule has 82 valence electrons. The number of esters is 1. The number of rotatable bonds is 0. The molecule has 1 saturated carbocycles. The van der Waals surface area contributed by atoms with E-state index in [1.165, 1.54) is 0 Å². The molecule has 0 amide bonds. The molecule has 1 fully saturated rings. The first-order chi connectivity index (χ1) is 7.27. The molecule has 0 spiro atoms. The van der Waals surface area contributed by atoms with Crippen LogP contribution in [0.15, 0.2) is 12.2 Å². The standard InChI is InChI=1S/C12H16O3/c13-11-6-5-9-8-12(14)15-7-3-1-2-4-10(9)11/h1-2,9-10H,3-8H2. The summed E-state index contributed by atoms with van der Waals surface area (Å²) in [5, 5.41) is 0. The van der Waals surface area contributed by atoms with Crippen LogP contribution in [0.25, 0.3) is 0 Å². The molecule has 1 heterocycles. The van der Waals surface area contributed by atoms with E-state index < -0.39 is 0 Å². The Morgan fingerprint density at radius 1 is 1.27 bits per heavy atom. The number of fused-ring (bicyclic) bond motifs is 1. The van der Waals surface area contributed by atoms with Crippen molar-refractivity contribution >= 4 is 11.8 Å². The molecule has 0 bridgehead atoms. The van der Waals surface area contributed by atoms with Crippen molar-refractivity contribution in [1.29, 1.82) is 0 Å². The zero-order valence-corrected chi connectivity index (χ0v) is 8.78. The van der Waals surface area contributed by atoms with Gasteiger partial charge in [-0.05, 0) is 25.2 Å². The highest BCUT2D eigenvalue weighted by molar-refractivity contribution is 5.84. The number of allylic oxidation sites excluding steroid dienone is 1. The average molecular weight is 208 g/mol. The lowest BCUT2D eigenvalue weighted by atomic mass is 9.89. The minimum atomic E-state index is -0.144. The van der Waals surface area contributed by atoms with E-state index in [1.54, 1.807) is 0 Å². The van der Waals surface area contributed by atoms with Gasteiger partial charge in [-0.1, -0.05) is 12.2 Å². The van der Waals surface area contributed by atoms with E-state index >= 15 is 0 Å². The Bertz CT molecular complexity index is 293. The van der Waals surface area contributed by atoms with Crippen LogP contribution in [0, 0.1) is 11.8 Å². The van der Waals surface area contributed by atoms with E-state index in [0.717, 1.165) is 19.3 Å². The molecule has 3 nitrogen and oxygen atoms in total. The molecule has 2 atom stereocenters. The van der Waals surface area contributed by atoms with Crippen molar-refractivity contribution in [3.05, 3.63) is 12.2 Å². The molecule has 0 N–H and O–H groups in total. The summed E-state index contributed by atoms with van der Waals surface area (Å²) in [7, 11) is 0. The van der Waals surface area contributed by atoms with Gasteiger partial charge in [-0.2, -0.15) is 0 Å². The average Bonchev–Trinajstić information content (AvgIpc) is 2.55. The Morgan fingerprint density at radius 2 is 2.13 bits per heavy atom. The highest BCUT2D eigenvalue weighted by Crippen LogP contribution is 2.34. The van der Waals surface area contributed by atoms with Gasteiger partial charge in [0.2, 0.25) is 0 Å². The Hall–Kier alpha value is -1.12. The number of carbonyl (C=O) groups excluding carboxylic acids is 2. The summed E-state index contributed by atoms with van der Waals surface area (Å²) in [6.07, 6.45) is 7.53. The van der Waals surface area contributed by atoms with E-state index in [4.69, 9.17) is 4.74 Å². The van der Waals surface area contributed by atoms with Crippen LogP contribution in [0.2, 0.25) is 0 Å². The number of hydrogen-bond donors (Lipinski definition) is 0. The number of cyclic esters (lactones) is 1. The summed E-state index contributed by atoms with van der Waals surface area (Å²) in [6, 6.07) is 0. The van der Waals surface area contributed by atoms with Crippen LogP contribution in [-0.4, -0.2) is 18.4 Å². The lowest BCUT2D eigenvalue weighted by molar-refractivity contribution is -0.145. The predicted octanol–water partition coefficient (Wildman–Crippen LogP) is 1.86. The Morgan fingerprint density at radius 3 is 3.00 bits per heavy atom. The SMILES string of the molecule is O=C1CC2CCC(=O)C2CC=CCCO1. The van der Waals surface area contributed by atoms with E-state index in [1.807, 2.05) is 6.08 Å². The van der Waals surface area contributed by atoms with Crippen LogP contribution in [0.1, 0.15) is 32.1 Å². The summed E-state index contributed by atoms with van der Waals surface area (Å²) >= 11 is 0. The fraction of sp³-hybridized carbons (Fsp3) is 0.667. The smallest absolute Gasteiger partial charge is 0.306 e. The topological polar surface area (TPSA) is 43.4 Å². The van der Waals surface area contributed by atoms with Crippen molar-refractivity contribution in [2.75, 3.05) is 6.61 Å². The largest absolute Gasteiger partial charge is 0.465 e. The third kappa shape index (κ3) is 2.46. The molecule has 2 unspecified atom stereocenters. The van der Waals surface area contributed by atoms with Crippen LogP contribution < -0.4 is 0 Å². The highest BCUT2D eigenvalue weighted by atomic mass is 16.5. The number of ketones is 1. The second kappa shape index (κ2) is 4.60. The van der Waals surface area contributed by atoms with Crippen LogP contribution in [0.5, 0.6) is 0 Å². The van der Waals surface area contributed by atoms with Crippen molar-refractivity contribution in [3.8, 4) is 0 Å². The summed E-state index contributed by atoms with van der Waals surface area (Å²) in [6.45, 7) is 0.473. The third-order valence-corrected chi connectivity index (χ3v) is 3.28. The van der Waals surface area contributed by atoms with Crippen molar-refractivity contribution in [2.45, 2.75) is 32.1 Å². The van der Waals surface area contributed by atoms with Crippen molar-refractivity contribution < 1.29 is 14.3 Å². The van der Waals surface area contributed by atoms with Gasteiger partial charge >= 0.3 is 5.97 Å². The van der Waals surface area contributed by atoms with Crippen LogP contribution in [0.3, 0.4) is 0 Å². The van der Waals surface area contributed by atoms with Gasteiger partial charge in [0.05, 0.1) is 6.61 Å². The Labute approximate surface area is 89.5 Å². The minimum absolute atomic E-state index is 0.0619. The summed E-state index contributed by atoms with van der Waals surface area (Å²) in [5.41, 5.74) is 0. The van der Waals surface area contributed by atoms with Gasteiger partial charge in [0.1, 0.15) is 5.78 Å². The maximum atomic E-state index is 11.6. The molecule has 0 saturated heterocycles. The van der Waals surface area contributed by atoms with Gasteiger partial charge in [0, 0.05) is 18.8 Å². The second-order valence-electron chi connectivity index (χ2n) is 4.29. The van der Waals surface area contributed by atoms with Gasteiger partial charge in [-0.25, -0.2) is 0 Å². The van der Waals surface area contributed by atoms with Crippen molar-refractivity contribution in [3.63, 3.8) is 0 Å². The van der Waals surface area contributed by atoms with Gasteiger partial charge in [0.25, 0.3) is 0 Å². The first kappa shape index (κ1) is 10.4. The molecule has 1 aliphatic carbocycles. The number of ether oxygens (including phenoxy) is 1. The molecule has 15 heavy (non-hydrogen) atoms.